The molecule has 0 spiro atoms. The van der Waals surface area contributed by atoms with Crippen molar-refractivity contribution in [1.29, 1.82) is 0 Å². The van der Waals surface area contributed by atoms with Crippen LogP contribution in [0.2, 0.25) is 0 Å². The minimum absolute atomic E-state index is 0.0554. The smallest absolute Gasteiger partial charge is 0.330 e. The molecule has 3 N–H and O–H groups in total. The molecule has 0 fully saturated rings. The highest BCUT2D eigenvalue weighted by molar-refractivity contribution is 5.82. The van der Waals surface area contributed by atoms with Crippen molar-refractivity contribution in [2.45, 2.75) is 18.9 Å². The highest BCUT2D eigenvalue weighted by atomic mass is 16.5. The molecule has 0 aromatic heterocycles. The van der Waals surface area contributed by atoms with E-state index in [9.17, 15) is 9.90 Å². The lowest BCUT2D eigenvalue weighted by Crippen LogP contribution is -2.47. The third kappa shape index (κ3) is 3.21. The summed E-state index contributed by atoms with van der Waals surface area (Å²) in [6.45, 7) is 2.26. The van der Waals surface area contributed by atoms with Crippen LogP contribution in [-0.4, -0.2) is 36.4 Å². The van der Waals surface area contributed by atoms with Crippen molar-refractivity contribution < 1.29 is 19.7 Å². The van der Waals surface area contributed by atoms with Gasteiger partial charge in [0.1, 0.15) is 11.3 Å². The maximum atomic E-state index is 11.9. The van der Waals surface area contributed by atoms with Crippen molar-refractivity contribution in [3.63, 3.8) is 0 Å². The van der Waals surface area contributed by atoms with E-state index in [0.29, 0.717) is 18.5 Å². The predicted octanol–water partition coefficient (Wildman–Crippen LogP) is 0.752. The van der Waals surface area contributed by atoms with Crippen LogP contribution in [0.4, 0.5) is 0 Å². The molecule has 0 amide bonds. The highest BCUT2D eigenvalue weighted by Crippen LogP contribution is 2.24. The number of phenols is 1. The fourth-order valence-corrected chi connectivity index (χ4v) is 1.71. The van der Waals surface area contributed by atoms with Crippen LogP contribution < -0.4 is 5.32 Å². The van der Waals surface area contributed by atoms with Gasteiger partial charge in [0.05, 0.1) is 7.11 Å². The van der Waals surface area contributed by atoms with E-state index in [2.05, 4.69) is 5.32 Å². The quantitative estimate of drug-likeness (QED) is 0.515. The summed E-state index contributed by atoms with van der Waals surface area (Å²) in [6, 6.07) is 6.37. The second-order valence-corrected chi connectivity index (χ2v) is 4.17. The maximum absolute atomic E-state index is 11.9. The molecule has 0 saturated heterocycles. The van der Waals surface area contributed by atoms with Crippen molar-refractivity contribution in [2.24, 2.45) is 0 Å². The predicted molar refractivity (Wildman–Crippen MR) is 67.2 cm³/mol. The molecule has 0 radical (unpaired) electrons. The highest BCUT2D eigenvalue weighted by Gasteiger charge is 2.35. The third-order valence-electron chi connectivity index (χ3n) is 2.85. The number of carbonyl (C=O) groups excluding carboxylic acids is 1. The topological polar surface area (TPSA) is 78.8 Å². The molecule has 100 valence electrons. The SMILES string of the molecule is COC(=O)C(C)(NCCCO)c1ccc(O)cc1. The number of hydrogen-bond acceptors (Lipinski definition) is 5. The lowest BCUT2D eigenvalue weighted by Gasteiger charge is -2.28. The number of esters is 1. The average Bonchev–Trinajstić information content (AvgIpc) is 2.38. The Kier molecular flexibility index (Phi) is 5.12. The number of aliphatic hydroxyl groups is 1. The first-order valence-electron chi connectivity index (χ1n) is 5.78. The second kappa shape index (κ2) is 6.37. The number of carbonyl (C=O) groups is 1. The summed E-state index contributed by atoms with van der Waals surface area (Å²) in [5.74, 6) is -0.271. The molecular formula is C13H19NO4. The van der Waals surface area contributed by atoms with Gasteiger partial charge >= 0.3 is 5.97 Å². The zero-order chi connectivity index (χ0) is 13.6. The summed E-state index contributed by atoms with van der Waals surface area (Å²) in [5.41, 5.74) is -0.289. The van der Waals surface area contributed by atoms with Crippen LogP contribution in [0, 0.1) is 0 Å². The molecule has 1 unspecified atom stereocenters. The van der Waals surface area contributed by atoms with E-state index in [1.165, 1.54) is 19.2 Å². The van der Waals surface area contributed by atoms with Gasteiger partial charge in [-0.2, -0.15) is 0 Å². The van der Waals surface area contributed by atoms with E-state index < -0.39 is 11.5 Å². The first-order chi connectivity index (χ1) is 8.54. The maximum Gasteiger partial charge on any atom is 0.330 e. The van der Waals surface area contributed by atoms with Crippen LogP contribution in [0.1, 0.15) is 18.9 Å². The van der Waals surface area contributed by atoms with Crippen molar-refractivity contribution in [3.05, 3.63) is 29.8 Å². The number of phenolic OH excluding ortho intramolecular Hbond substituents is 1. The fraction of sp³-hybridized carbons (Fsp3) is 0.462. The Bertz CT molecular complexity index is 390. The number of aliphatic hydroxyl groups excluding tert-OH is 1. The zero-order valence-electron chi connectivity index (χ0n) is 10.6. The molecule has 1 aromatic carbocycles. The molecule has 0 aliphatic heterocycles. The standard InChI is InChI=1S/C13H19NO4/c1-13(12(17)18-2,14-8-3-9-15)10-4-6-11(16)7-5-10/h4-7,14-16H,3,8-9H2,1-2H3. The van der Waals surface area contributed by atoms with Gasteiger partial charge in [0.25, 0.3) is 0 Å². The number of benzene rings is 1. The van der Waals surface area contributed by atoms with Gasteiger partial charge in [-0.15, -0.1) is 0 Å². The van der Waals surface area contributed by atoms with Crippen molar-refractivity contribution in [1.82, 2.24) is 5.32 Å². The summed E-state index contributed by atoms with van der Waals surface area (Å²) in [7, 11) is 1.33. The van der Waals surface area contributed by atoms with Gasteiger partial charge in [0.2, 0.25) is 0 Å². The van der Waals surface area contributed by atoms with Crippen LogP contribution in [-0.2, 0) is 15.1 Å². The van der Waals surface area contributed by atoms with E-state index in [0.717, 1.165) is 0 Å². The van der Waals surface area contributed by atoms with Gasteiger partial charge in [-0.3, -0.25) is 5.32 Å². The molecule has 0 saturated carbocycles. The van der Waals surface area contributed by atoms with Gasteiger partial charge in [-0.25, -0.2) is 4.79 Å². The minimum atomic E-state index is -0.988. The molecule has 1 atom stereocenters. The summed E-state index contributed by atoms with van der Waals surface area (Å²) in [4.78, 5) is 11.9. The second-order valence-electron chi connectivity index (χ2n) is 4.17. The first kappa shape index (κ1) is 14.5. The molecule has 0 bridgehead atoms. The van der Waals surface area contributed by atoms with Gasteiger partial charge < -0.3 is 14.9 Å². The van der Waals surface area contributed by atoms with Crippen molar-refractivity contribution in [3.8, 4) is 5.75 Å². The van der Waals surface area contributed by atoms with Gasteiger partial charge in [0.15, 0.2) is 0 Å². The lowest BCUT2D eigenvalue weighted by molar-refractivity contribution is -0.148. The Morgan fingerprint density at radius 1 is 1.39 bits per heavy atom. The van der Waals surface area contributed by atoms with E-state index in [4.69, 9.17) is 9.84 Å². The molecule has 5 nitrogen and oxygen atoms in total. The summed E-state index contributed by atoms with van der Waals surface area (Å²) >= 11 is 0. The lowest BCUT2D eigenvalue weighted by atomic mass is 9.91. The van der Waals surface area contributed by atoms with Crippen LogP contribution >= 0.6 is 0 Å². The third-order valence-corrected chi connectivity index (χ3v) is 2.85. The molecular weight excluding hydrogens is 234 g/mol. The Morgan fingerprint density at radius 3 is 2.50 bits per heavy atom. The normalized spacial score (nSPS) is 13.9. The van der Waals surface area contributed by atoms with Gasteiger partial charge in [-0.1, -0.05) is 12.1 Å². The molecule has 5 heteroatoms. The van der Waals surface area contributed by atoms with E-state index in [1.54, 1.807) is 19.1 Å². The monoisotopic (exact) mass is 253 g/mol. The molecule has 1 aromatic rings. The molecule has 1 rings (SSSR count). The van der Waals surface area contributed by atoms with Crippen LogP contribution in [0.3, 0.4) is 0 Å². The average molecular weight is 253 g/mol. The van der Waals surface area contributed by atoms with Crippen molar-refractivity contribution in [2.75, 3.05) is 20.3 Å². The van der Waals surface area contributed by atoms with Gasteiger partial charge in [-0.05, 0) is 37.6 Å². The van der Waals surface area contributed by atoms with Crippen molar-refractivity contribution >= 4 is 5.97 Å². The molecule has 0 aliphatic carbocycles. The van der Waals surface area contributed by atoms with Gasteiger partial charge in [0, 0.05) is 6.61 Å². The van der Waals surface area contributed by atoms with E-state index in [1.807, 2.05) is 0 Å². The van der Waals surface area contributed by atoms with Crippen LogP contribution in [0.25, 0.3) is 0 Å². The molecule has 0 aliphatic rings. The Hall–Kier alpha value is -1.59. The Morgan fingerprint density at radius 2 is 2.00 bits per heavy atom. The number of hydrogen-bond donors (Lipinski definition) is 3. The molecule has 0 heterocycles. The number of aromatic hydroxyl groups is 1. The summed E-state index contributed by atoms with van der Waals surface area (Å²) < 4.78 is 4.80. The first-order valence-corrected chi connectivity index (χ1v) is 5.78. The zero-order valence-corrected chi connectivity index (χ0v) is 10.6. The number of methoxy groups -OCH3 is 1. The summed E-state index contributed by atoms with van der Waals surface area (Å²) in [6.07, 6.45) is 0.546. The number of ether oxygens (including phenoxy) is 1. The Balaban J connectivity index is 2.96. The largest absolute Gasteiger partial charge is 0.508 e. The van der Waals surface area contributed by atoms with Crippen LogP contribution in [0.15, 0.2) is 24.3 Å². The fourth-order valence-electron chi connectivity index (χ4n) is 1.71. The Labute approximate surface area is 106 Å². The number of rotatable bonds is 6. The number of nitrogens with one attached hydrogen (secondary N) is 1. The van der Waals surface area contributed by atoms with Crippen LogP contribution in [0.5, 0.6) is 5.75 Å². The van der Waals surface area contributed by atoms with E-state index in [-0.39, 0.29) is 12.4 Å². The summed E-state index contributed by atoms with van der Waals surface area (Å²) in [5, 5.41) is 21.1. The molecule has 18 heavy (non-hydrogen) atoms. The minimum Gasteiger partial charge on any atom is -0.508 e. The van der Waals surface area contributed by atoms with E-state index >= 15 is 0 Å².